The van der Waals surface area contributed by atoms with Crippen molar-refractivity contribution in [2.75, 3.05) is 19.7 Å². The van der Waals surface area contributed by atoms with Gasteiger partial charge in [-0.3, -0.25) is 9.59 Å². The first-order chi connectivity index (χ1) is 14.6. The van der Waals surface area contributed by atoms with Gasteiger partial charge in [0.25, 0.3) is 5.91 Å². The SMILES string of the molecule is Cc1cc(C(=O)N(CCC(=O)NC2CCCc3ccccc32)CC2CCCO2)no1. The second kappa shape index (κ2) is 9.43. The van der Waals surface area contributed by atoms with Crippen molar-refractivity contribution in [2.45, 2.75) is 57.6 Å². The van der Waals surface area contributed by atoms with Crippen LogP contribution >= 0.6 is 0 Å². The molecule has 0 spiro atoms. The lowest BCUT2D eigenvalue weighted by Gasteiger charge is -2.27. The summed E-state index contributed by atoms with van der Waals surface area (Å²) in [6, 6.07) is 9.97. The summed E-state index contributed by atoms with van der Waals surface area (Å²) in [5, 5.41) is 7.01. The number of carbonyl (C=O) groups is 2. The van der Waals surface area contributed by atoms with Gasteiger partial charge in [0.15, 0.2) is 5.69 Å². The van der Waals surface area contributed by atoms with Gasteiger partial charge in [-0.2, -0.15) is 0 Å². The van der Waals surface area contributed by atoms with Gasteiger partial charge in [0.05, 0.1) is 12.1 Å². The lowest BCUT2D eigenvalue weighted by Crippen LogP contribution is -2.40. The number of nitrogens with zero attached hydrogens (tertiary/aromatic N) is 2. The molecule has 1 aliphatic carbocycles. The van der Waals surface area contributed by atoms with Crippen molar-refractivity contribution in [1.82, 2.24) is 15.4 Å². The molecule has 1 N–H and O–H groups in total. The zero-order valence-electron chi connectivity index (χ0n) is 17.4. The van der Waals surface area contributed by atoms with E-state index in [0.29, 0.717) is 18.8 Å². The summed E-state index contributed by atoms with van der Waals surface area (Å²) in [4.78, 5) is 27.3. The van der Waals surface area contributed by atoms with Gasteiger partial charge in [-0.15, -0.1) is 0 Å². The first-order valence-electron chi connectivity index (χ1n) is 10.8. The number of ether oxygens (including phenoxy) is 1. The first-order valence-corrected chi connectivity index (χ1v) is 10.8. The van der Waals surface area contributed by atoms with Crippen LogP contribution in [0.15, 0.2) is 34.9 Å². The van der Waals surface area contributed by atoms with Gasteiger partial charge in [-0.1, -0.05) is 29.4 Å². The van der Waals surface area contributed by atoms with E-state index in [1.807, 2.05) is 12.1 Å². The second-order valence-corrected chi connectivity index (χ2v) is 8.17. The minimum absolute atomic E-state index is 0.00947. The van der Waals surface area contributed by atoms with Crippen LogP contribution in [0.1, 0.15) is 65.5 Å². The summed E-state index contributed by atoms with van der Waals surface area (Å²) in [5.41, 5.74) is 2.79. The number of hydrogen-bond donors (Lipinski definition) is 1. The predicted molar refractivity (Wildman–Crippen MR) is 111 cm³/mol. The van der Waals surface area contributed by atoms with Crippen molar-refractivity contribution in [2.24, 2.45) is 0 Å². The van der Waals surface area contributed by atoms with Gasteiger partial charge in [0.1, 0.15) is 5.76 Å². The monoisotopic (exact) mass is 411 g/mol. The lowest BCUT2D eigenvalue weighted by atomic mass is 9.87. The standard InChI is InChI=1S/C23H29N3O4/c1-16-14-21(25-30-16)23(28)26(15-18-8-5-13-29-18)12-11-22(27)24-20-10-4-7-17-6-2-3-9-19(17)20/h2-3,6,9,14,18,20H,4-5,7-8,10-13,15H2,1H3,(H,24,27). The molecule has 160 valence electrons. The van der Waals surface area contributed by atoms with Gasteiger partial charge in [0, 0.05) is 32.2 Å². The smallest absolute Gasteiger partial charge is 0.276 e. The molecule has 2 heterocycles. The molecule has 2 aliphatic rings. The highest BCUT2D eigenvalue weighted by molar-refractivity contribution is 5.92. The van der Waals surface area contributed by atoms with Crippen LogP contribution in [0.4, 0.5) is 0 Å². The third-order valence-corrected chi connectivity index (χ3v) is 5.90. The fraction of sp³-hybridized carbons (Fsp3) is 0.522. The van der Waals surface area contributed by atoms with Crippen molar-refractivity contribution in [1.29, 1.82) is 0 Å². The molecule has 2 aromatic rings. The van der Waals surface area contributed by atoms with Crippen LogP contribution in [0.25, 0.3) is 0 Å². The van der Waals surface area contributed by atoms with Gasteiger partial charge >= 0.3 is 0 Å². The molecule has 7 nitrogen and oxygen atoms in total. The van der Waals surface area contributed by atoms with Crippen LogP contribution in [0.5, 0.6) is 0 Å². The maximum Gasteiger partial charge on any atom is 0.276 e. The number of carbonyl (C=O) groups excluding carboxylic acids is 2. The number of fused-ring (bicyclic) bond motifs is 1. The van der Waals surface area contributed by atoms with Crippen LogP contribution in [-0.2, 0) is 16.0 Å². The van der Waals surface area contributed by atoms with E-state index in [1.54, 1.807) is 17.9 Å². The summed E-state index contributed by atoms with van der Waals surface area (Å²) in [7, 11) is 0. The Morgan fingerprint density at radius 3 is 2.87 bits per heavy atom. The topological polar surface area (TPSA) is 84.7 Å². The summed E-state index contributed by atoms with van der Waals surface area (Å²) in [6.07, 6.45) is 5.24. The third kappa shape index (κ3) is 4.90. The largest absolute Gasteiger partial charge is 0.376 e. The average Bonchev–Trinajstić information content (AvgIpc) is 3.42. The molecule has 1 saturated heterocycles. The number of nitrogens with one attached hydrogen (secondary N) is 1. The Labute approximate surface area is 176 Å². The van der Waals surface area contributed by atoms with Crippen LogP contribution in [0.2, 0.25) is 0 Å². The second-order valence-electron chi connectivity index (χ2n) is 8.17. The lowest BCUT2D eigenvalue weighted by molar-refractivity contribution is -0.122. The highest BCUT2D eigenvalue weighted by Gasteiger charge is 2.27. The summed E-state index contributed by atoms with van der Waals surface area (Å²) >= 11 is 0. The molecule has 1 aliphatic heterocycles. The quantitative estimate of drug-likeness (QED) is 0.756. The van der Waals surface area contributed by atoms with E-state index >= 15 is 0 Å². The molecule has 1 aromatic carbocycles. The van der Waals surface area contributed by atoms with Crippen molar-refractivity contribution in [3.05, 3.63) is 52.9 Å². The molecule has 0 radical (unpaired) electrons. The molecule has 2 amide bonds. The Morgan fingerprint density at radius 2 is 2.10 bits per heavy atom. The van der Waals surface area contributed by atoms with E-state index in [2.05, 4.69) is 22.6 Å². The minimum atomic E-state index is -0.224. The van der Waals surface area contributed by atoms with Gasteiger partial charge in [-0.05, 0) is 50.2 Å². The van der Waals surface area contributed by atoms with Crippen molar-refractivity contribution in [3.63, 3.8) is 0 Å². The molecule has 0 bridgehead atoms. The molecule has 1 aromatic heterocycles. The third-order valence-electron chi connectivity index (χ3n) is 5.90. The summed E-state index contributed by atoms with van der Waals surface area (Å²) in [6.45, 7) is 3.26. The number of aryl methyl sites for hydroxylation is 2. The predicted octanol–water partition coefficient (Wildman–Crippen LogP) is 3.19. The molecule has 7 heteroatoms. The van der Waals surface area contributed by atoms with Crippen LogP contribution in [-0.4, -0.2) is 47.7 Å². The van der Waals surface area contributed by atoms with E-state index in [-0.39, 0.29) is 36.1 Å². The zero-order valence-corrected chi connectivity index (χ0v) is 17.4. The Balaban J connectivity index is 1.38. The normalized spacial score (nSPS) is 20.6. The average molecular weight is 412 g/mol. The molecule has 0 saturated carbocycles. The van der Waals surface area contributed by atoms with Crippen molar-refractivity contribution < 1.29 is 18.8 Å². The maximum atomic E-state index is 12.9. The van der Waals surface area contributed by atoms with Gasteiger partial charge in [-0.25, -0.2) is 0 Å². The van der Waals surface area contributed by atoms with E-state index in [9.17, 15) is 9.59 Å². The van der Waals surface area contributed by atoms with Crippen molar-refractivity contribution in [3.8, 4) is 0 Å². The highest BCUT2D eigenvalue weighted by atomic mass is 16.5. The fourth-order valence-electron chi connectivity index (χ4n) is 4.35. The van der Waals surface area contributed by atoms with E-state index in [4.69, 9.17) is 9.26 Å². The number of amides is 2. The Morgan fingerprint density at radius 1 is 1.23 bits per heavy atom. The number of hydrogen-bond acceptors (Lipinski definition) is 5. The Bertz CT molecular complexity index is 888. The maximum absolute atomic E-state index is 12.9. The van der Waals surface area contributed by atoms with Crippen LogP contribution < -0.4 is 5.32 Å². The number of aromatic nitrogens is 1. The van der Waals surface area contributed by atoms with Crippen LogP contribution in [0.3, 0.4) is 0 Å². The summed E-state index contributed by atoms with van der Waals surface area (Å²) in [5.74, 6) is 0.320. The molecule has 4 rings (SSSR count). The van der Waals surface area contributed by atoms with E-state index in [1.165, 1.54) is 11.1 Å². The Kier molecular flexibility index (Phi) is 6.47. The highest BCUT2D eigenvalue weighted by Crippen LogP contribution is 2.29. The minimum Gasteiger partial charge on any atom is -0.376 e. The van der Waals surface area contributed by atoms with E-state index < -0.39 is 0 Å². The number of rotatable bonds is 7. The zero-order chi connectivity index (χ0) is 20.9. The Hall–Kier alpha value is -2.67. The molecule has 2 unspecified atom stereocenters. The molecule has 2 atom stereocenters. The number of benzene rings is 1. The molecular formula is C23H29N3O4. The fourth-order valence-corrected chi connectivity index (χ4v) is 4.35. The molecular weight excluding hydrogens is 382 g/mol. The van der Waals surface area contributed by atoms with E-state index in [0.717, 1.165) is 38.7 Å². The molecule has 30 heavy (non-hydrogen) atoms. The van der Waals surface area contributed by atoms with Crippen molar-refractivity contribution >= 4 is 11.8 Å². The first kappa shape index (κ1) is 20.6. The van der Waals surface area contributed by atoms with Gasteiger partial charge < -0.3 is 19.5 Å². The van der Waals surface area contributed by atoms with Crippen LogP contribution in [0, 0.1) is 6.92 Å². The van der Waals surface area contributed by atoms with Gasteiger partial charge in [0.2, 0.25) is 5.91 Å². The molecule has 1 fully saturated rings. The summed E-state index contributed by atoms with van der Waals surface area (Å²) < 4.78 is 10.8.